The lowest BCUT2D eigenvalue weighted by molar-refractivity contribution is -0.134. The number of ketones is 1. The van der Waals surface area contributed by atoms with Gasteiger partial charge >= 0.3 is 0 Å². The van der Waals surface area contributed by atoms with Crippen LogP contribution in [0.15, 0.2) is 47.7 Å². The van der Waals surface area contributed by atoms with E-state index in [4.69, 9.17) is 11.6 Å². The molecule has 0 spiro atoms. The highest BCUT2D eigenvalue weighted by Crippen LogP contribution is 2.43. The summed E-state index contributed by atoms with van der Waals surface area (Å²) < 4.78 is 0. The van der Waals surface area contributed by atoms with Crippen molar-refractivity contribution in [1.29, 1.82) is 0 Å². The van der Waals surface area contributed by atoms with Crippen molar-refractivity contribution in [3.8, 4) is 0 Å². The second-order valence-corrected chi connectivity index (χ2v) is 5.89. The predicted molar refractivity (Wildman–Crippen MR) is 77.3 cm³/mol. The van der Waals surface area contributed by atoms with Crippen LogP contribution in [0.4, 0.5) is 0 Å². The molecular weight excluding hydrogens is 274 g/mol. The van der Waals surface area contributed by atoms with E-state index in [2.05, 4.69) is 12.2 Å². The van der Waals surface area contributed by atoms with Crippen molar-refractivity contribution in [2.24, 2.45) is 5.92 Å². The lowest BCUT2D eigenvalue weighted by atomic mass is 9.66. The molecule has 1 N–H and O–H groups in total. The van der Waals surface area contributed by atoms with Crippen molar-refractivity contribution in [3.05, 3.63) is 58.3 Å². The van der Waals surface area contributed by atoms with Gasteiger partial charge in [0.15, 0.2) is 0 Å². The molecule has 1 aromatic carbocycles. The quantitative estimate of drug-likeness (QED) is 0.807. The number of allylic oxidation sites excluding steroid dienone is 2. The van der Waals surface area contributed by atoms with Gasteiger partial charge in [-0.05, 0) is 23.8 Å². The van der Waals surface area contributed by atoms with Crippen LogP contribution in [-0.4, -0.2) is 11.7 Å². The first-order chi connectivity index (χ1) is 9.43. The van der Waals surface area contributed by atoms with E-state index in [9.17, 15) is 9.59 Å². The maximum atomic E-state index is 12.0. The molecule has 2 aliphatic rings. The van der Waals surface area contributed by atoms with E-state index in [0.29, 0.717) is 16.3 Å². The minimum atomic E-state index is -0.535. The van der Waals surface area contributed by atoms with E-state index in [1.807, 2.05) is 43.3 Å². The van der Waals surface area contributed by atoms with Crippen LogP contribution < -0.4 is 5.32 Å². The average Bonchev–Trinajstić information content (AvgIpc) is 2.71. The van der Waals surface area contributed by atoms with Gasteiger partial charge in [0.05, 0.1) is 0 Å². The highest BCUT2D eigenvalue weighted by Gasteiger charge is 2.44. The monoisotopic (exact) mass is 287 g/mol. The topological polar surface area (TPSA) is 46.2 Å². The molecule has 0 saturated heterocycles. The Balaban J connectivity index is 2.06. The molecule has 102 valence electrons. The van der Waals surface area contributed by atoms with Crippen molar-refractivity contribution in [1.82, 2.24) is 5.32 Å². The largest absolute Gasteiger partial charge is 0.319 e. The fourth-order valence-electron chi connectivity index (χ4n) is 2.91. The van der Waals surface area contributed by atoms with Crippen LogP contribution in [0.1, 0.15) is 19.4 Å². The molecule has 0 radical (unpaired) electrons. The summed E-state index contributed by atoms with van der Waals surface area (Å²) in [6.45, 7) is 4.04. The number of amides is 1. The van der Waals surface area contributed by atoms with Crippen LogP contribution >= 0.6 is 11.6 Å². The van der Waals surface area contributed by atoms with Crippen LogP contribution in [0.25, 0.3) is 0 Å². The summed E-state index contributed by atoms with van der Waals surface area (Å²) in [6.07, 6.45) is 3.87. The Hall–Kier alpha value is -1.87. The Morgan fingerprint density at radius 1 is 1.20 bits per heavy atom. The molecule has 0 fully saturated rings. The summed E-state index contributed by atoms with van der Waals surface area (Å²) in [5.41, 5.74) is 1.96. The van der Waals surface area contributed by atoms with Gasteiger partial charge in [-0.1, -0.05) is 43.7 Å². The molecular formula is C16H14ClNO2. The normalized spacial score (nSPS) is 28.6. The summed E-state index contributed by atoms with van der Waals surface area (Å²) in [4.78, 5) is 23.5. The number of benzene rings is 1. The standard InChI is InChI=1S/C16H14ClNO2/c1-9-13-12(18-15(20)14(13)19)7-8-16(9,2)10-3-5-11(17)6-4-10/h3-9H,1-2H3,(H,18,19,20). The Labute approximate surface area is 122 Å². The zero-order valence-electron chi connectivity index (χ0n) is 11.2. The summed E-state index contributed by atoms with van der Waals surface area (Å²) >= 11 is 5.93. The molecule has 2 unspecified atom stereocenters. The van der Waals surface area contributed by atoms with Crippen LogP contribution in [0.5, 0.6) is 0 Å². The molecule has 1 aliphatic carbocycles. The number of carbonyl (C=O) groups excluding carboxylic acids is 2. The third-order valence-electron chi connectivity index (χ3n) is 4.38. The van der Waals surface area contributed by atoms with E-state index in [1.54, 1.807) is 0 Å². The van der Waals surface area contributed by atoms with Crippen molar-refractivity contribution >= 4 is 23.3 Å². The average molecular weight is 288 g/mol. The third kappa shape index (κ3) is 1.74. The van der Waals surface area contributed by atoms with Gasteiger partial charge in [0.2, 0.25) is 5.78 Å². The third-order valence-corrected chi connectivity index (χ3v) is 4.64. The first-order valence-corrected chi connectivity index (χ1v) is 6.86. The van der Waals surface area contributed by atoms with E-state index < -0.39 is 11.7 Å². The van der Waals surface area contributed by atoms with Crippen LogP contribution in [0.2, 0.25) is 5.02 Å². The number of halogens is 1. The van der Waals surface area contributed by atoms with Crippen molar-refractivity contribution < 1.29 is 9.59 Å². The highest BCUT2D eigenvalue weighted by atomic mass is 35.5. The van der Waals surface area contributed by atoms with Crippen LogP contribution in [0.3, 0.4) is 0 Å². The first kappa shape index (κ1) is 13.1. The van der Waals surface area contributed by atoms with E-state index in [1.165, 1.54) is 0 Å². The van der Waals surface area contributed by atoms with E-state index >= 15 is 0 Å². The number of hydrogen-bond donors (Lipinski definition) is 1. The van der Waals surface area contributed by atoms with E-state index in [0.717, 1.165) is 5.56 Å². The van der Waals surface area contributed by atoms with Crippen LogP contribution in [-0.2, 0) is 15.0 Å². The lowest BCUT2D eigenvalue weighted by Gasteiger charge is -2.36. The summed E-state index contributed by atoms with van der Waals surface area (Å²) in [5, 5.41) is 3.30. The van der Waals surface area contributed by atoms with Gasteiger partial charge in [0, 0.05) is 27.6 Å². The molecule has 2 atom stereocenters. The minimum Gasteiger partial charge on any atom is -0.319 e. The molecule has 0 bridgehead atoms. The number of rotatable bonds is 1. The Bertz CT molecular complexity index is 672. The molecule has 1 amide bonds. The van der Waals surface area contributed by atoms with Gasteiger partial charge in [-0.2, -0.15) is 0 Å². The molecule has 4 heteroatoms. The molecule has 0 saturated carbocycles. The molecule has 3 rings (SSSR count). The number of nitrogens with one attached hydrogen (secondary N) is 1. The van der Waals surface area contributed by atoms with Gasteiger partial charge in [0.1, 0.15) is 0 Å². The van der Waals surface area contributed by atoms with Gasteiger partial charge in [-0.15, -0.1) is 0 Å². The van der Waals surface area contributed by atoms with E-state index in [-0.39, 0.29) is 11.3 Å². The molecule has 3 nitrogen and oxygen atoms in total. The second-order valence-electron chi connectivity index (χ2n) is 5.46. The predicted octanol–water partition coefficient (Wildman–Crippen LogP) is 2.76. The van der Waals surface area contributed by atoms with Crippen molar-refractivity contribution in [2.45, 2.75) is 19.3 Å². The zero-order valence-corrected chi connectivity index (χ0v) is 12.0. The summed E-state index contributed by atoms with van der Waals surface area (Å²) in [6, 6.07) is 7.60. The van der Waals surface area contributed by atoms with Gasteiger partial charge in [-0.25, -0.2) is 0 Å². The molecule has 1 aromatic rings. The Morgan fingerprint density at radius 2 is 1.85 bits per heavy atom. The molecule has 20 heavy (non-hydrogen) atoms. The van der Waals surface area contributed by atoms with Crippen molar-refractivity contribution in [3.63, 3.8) is 0 Å². The van der Waals surface area contributed by atoms with Crippen molar-refractivity contribution in [2.75, 3.05) is 0 Å². The summed E-state index contributed by atoms with van der Waals surface area (Å²) in [5.74, 6) is -1.03. The fourth-order valence-corrected chi connectivity index (χ4v) is 3.03. The Kier molecular flexibility index (Phi) is 2.83. The van der Waals surface area contributed by atoms with Crippen LogP contribution in [0, 0.1) is 5.92 Å². The number of carbonyl (C=O) groups is 2. The highest BCUT2D eigenvalue weighted by molar-refractivity contribution is 6.45. The van der Waals surface area contributed by atoms with Gasteiger partial charge in [0.25, 0.3) is 5.91 Å². The molecule has 1 heterocycles. The minimum absolute atomic E-state index is 0.0740. The SMILES string of the molecule is CC1C2=C(C=CC1(C)c1ccc(Cl)cc1)NC(=O)C2=O. The second kappa shape index (κ2) is 4.32. The molecule has 1 aliphatic heterocycles. The smallest absolute Gasteiger partial charge is 0.296 e. The fraction of sp³-hybridized carbons (Fsp3) is 0.250. The lowest BCUT2D eigenvalue weighted by Crippen LogP contribution is -2.33. The Morgan fingerprint density at radius 3 is 2.50 bits per heavy atom. The molecule has 0 aromatic heterocycles. The van der Waals surface area contributed by atoms with Gasteiger partial charge < -0.3 is 5.32 Å². The first-order valence-electron chi connectivity index (χ1n) is 6.48. The van der Waals surface area contributed by atoms with Gasteiger partial charge in [-0.3, -0.25) is 9.59 Å². The maximum absolute atomic E-state index is 12.0. The summed E-state index contributed by atoms with van der Waals surface area (Å²) in [7, 11) is 0. The zero-order chi connectivity index (χ0) is 14.5. The number of Topliss-reactive ketones (excluding diaryl/α,β-unsaturated/α-hetero) is 1. The number of hydrogen-bond acceptors (Lipinski definition) is 2. The maximum Gasteiger partial charge on any atom is 0.296 e.